The molecule has 4 heteroatoms. The van der Waals surface area contributed by atoms with Crippen molar-refractivity contribution in [3.05, 3.63) is 52.0 Å². The van der Waals surface area contributed by atoms with E-state index in [-0.39, 0.29) is 11.9 Å². The van der Waals surface area contributed by atoms with Crippen LogP contribution in [0.4, 0.5) is 4.39 Å². The molecule has 1 aromatic heterocycles. The molecule has 2 rings (SSSR count). The van der Waals surface area contributed by atoms with Gasteiger partial charge in [0.05, 0.1) is 7.11 Å². The molecular formula is C17H22FNOS. The number of methoxy groups -OCH3 is 1. The molecule has 1 aromatic carbocycles. The predicted molar refractivity (Wildman–Crippen MR) is 86.6 cm³/mol. The predicted octanol–water partition coefficient (Wildman–Crippen LogP) is 4.57. The van der Waals surface area contributed by atoms with E-state index < -0.39 is 0 Å². The number of aryl methyl sites for hydroxylation is 1. The van der Waals surface area contributed by atoms with E-state index in [1.165, 1.54) is 12.7 Å². The van der Waals surface area contributed by atoms with Crippen molar-refractivity contribution >= 4 is 11.3 Å². The zero-order valence-electron chi connectivity index (χ0n) is 12.6. The monoisotopic (exact) mass is 307 g/mol. The van der Waals surface area contributed by atoms with Crippen LogP contribution in [-0.2, 0) is 6.42 Å². The molecular weight excluding hydrogens is 285 g/mol. The smallest absolute Gasteiger partial charge is 0.165 e. The van der Waals surface area contributed by atoms with Crippen molar-refractivity contribution < 1.29 is 9.13 Å². The first-order valence-electron chi connectivity index (χ1n) is 7.32. The van der Waals surface area contributed by atoms with E-state index in [0.29, 0.717) is 5.75 Å². The van der Waals surface area contributed by atoms with Gasteiger partial charge in [-0.05, 0) is 65.9 Å². The minimum Gasteiger partial charge on any atom is -0.494 e. The summed E-state index contributed by atoms with van der Waals surface area (Å²) in [6.45, 7) is 3.07. The lowest BCUT2D eigenvalue weighted by Gasteiger charge is -2.19. The number of halogens is 1. The molecule has 0 saturated heterocycles. The zero-order chi connectivity index (χ0) is 15.1. The fourth-order valence-electron chi connectivity index (χ4n) is 2.35. The van der Waals surface area contributed by atoms with E-state index in [1.54, 1.807) is 23.5 Å². The summed E-state index contributed by atoms with van der Waals surface area (Å²) in [6.07, 6.45) is 3.02. The standard InChI is InChI=1S/C17H22FNOS/c1-3-9-19-16(6-4-13-8-10-21-12-13)14-5-7-17(20-2)15(18)11-14/h5,7-8,10-12,16,19H,3-4,6,9H2,1-2H3. The van der Waals surface area contributed by atoms with Crippen molar-refractivity contribution in [3.63, 3.8) is 0 Å². The van der Waals surface area contributed by atoms with Crippen LogP contribution in [0, 0.1) is 5.82 Å². The highest BCUT2D eigenvalue weighted by Gasteiger charge is 2.13. The Morgan fingerprint density at radius 1 is 1.33 bits per heavy atom. The maximum absolute atomic E-state index is 13.9. The molecule has 0 spiro atoms. The van der Waals surface area contributed by atoms with E-state index in [9.17, 15) is 4.39 Å². The van der Waals surface area contributed by atoms with E-state index >= 15 is 0 Å². The van der Waals surface area contributed by atoms with E-state index in [4.69, 9.17) is 4.74 Å². The van der Waals surface area contributed by atoms with Gasteiger partial charge in [-0.25, -0.2) is 4.39 Å². The lowest BCUT2D eigenvalue weighted by molar-refractivity contribution is 0.385. The van der Waals surface area contributed by atoms with Crippen LogP contribution >= 0.6 is 11.3 Å². The van der Waals surface area contributed by atoms with Gasteiger partial charge < -0.3 is 10.1 Å². The van der Waals surface area contributed by atoms with Crippen LogP contribution in [0.15, 0.2) is 35.0 Å². The third kappa shape index (κ3) is 4.55. The molecule has 0 aliphatic carbocycles. The Bertz CT molecular complexity index is 542. The quantitative estimate of drug-likeness (QED) is 0.771. The van der Waals surface area contributed by atoms with Crippen LogP contribution in [0.1, 0.15) is 36.9 Å². The summed E-state index contributed by atoms with van der Waals surface area (Å²) >= 11 is 1.72. The van der Waals surface area contributed by atoms with Crippen LogP contribution in [0.2, 0.25) is 0 Å². The van der Waals surface area contributed by atoms with Crippen molar-refractivity contribution in [2.45, 2.75) is 32.2 Å². The number of nitrogens with one attached hydrogen (secondary N) is 1. The second-order valence-electron chi connectivity index (χ2n) is 5.07. The van der Waals surface area contributed by atoms with Gasteiger partial charge in [-0.1, -0.05) is 13.0 Å². The van der Waals surface area contributed by atoms with Gasteiger partial charge in [0.2, 0.25) is 0 Å². The van der Waals surface area contributed by atoms with Crippen LogP contribution in [-0.4, -0.2) is 13.7 Å². The van der Waals surface area contributed by atoms with Crippen LogP contribution in [0.25, 0.3) is 0 Å². The zero-order valence-corrected chi connectivity index (χ0v) is 13.4. The molecule has 1 heterocycles. The first kappa shape index (κ1) is 16.0. The number of hydrogen-bond acceptors (Lipinski definition) is 3. The average Bonchev–Trinajstić information content (AvgIpc) is 3.00. The lowest BCUT2D eigenvalue weighted by atomic mass is 9.99. The van der Waals surface area contributed by atoms with Gasteiger partial charge in [-0.15, -0.1) is 0 Å². The molecule has 1 unspecified atom stereocenters. The second-order valence-corrected chi connectivity index (χ2v) is 5.85. The molecule has 2 nitrogen and oxygen atoms in total. The Kier molecular flexibility index (Phi) is 6.21. The lowest BCUT2D eigenvalue weighted by Crippen LogP contribution is -2.22. The van der Waals surface area contributed by atoms with Gasteiger partial charge in [0.1, 0.15) is 0 Å². The highest BCUT2D eigenvalue weighted by atomic mass is 32.1. The first-order chi connectivity index (χ1) is 10.2. The summed E-state index contributed by atoms with van der Waals surface area (Å²) in [4.78, 5) is 0. The Balaban J connectivity index is 2.08. The Morgan fingerprint density at radius 3 is 2.81 bits per heavy atom. The molecule has 1 N–H and O–H groups in total. The van der Waals surface area contributed by atoms with Gasteiger partial charge in [-0.3, -0.25) is 0 Å². The highest BCUT2D eigenvalue weighted by molar-refractivity contribution is 7.07. The molecule has 0 saturated carbocycles. The third-order valence-electron chi connectivity index (χ3n) is 3.52. The maximum atomic E-state index is 13.9. The van der Waals surface area contributed by atoms with Crippen molar-refractivity contribution in [1.82, 2.24) is 5.32 Å². The molecule has 0 bridgehead atoms. The van der Waals surface area contributed by atoms with Crippen LogP contribution < -0.4 is 10.1 Å². The number of rotatable bonds is 8. The van der Waals surface area contributed by atoms with Crippen LogP contribution in [0.3, 0.4) is 0 Å². The Hall–Kier alpha value is -1.39. The summed E-state index contributed by atoms with van der Waals surface area (Å²) in [5.74, 6) is -0.000317. The van der Waals surface area contributed by atoms with E-state index in [2.05, 4.69) is 29.1 Å². The highest BCUT2D eigenvalue weighted by Crippen LogP contribution is 2.25. The second kappa shape index (κ2) is 8.15. The first-order valence-corrected chi connectivity index (χ1v) is 8.26. The summed E-state index contributed by atoms with van der Waals surface area (Å²) in [7, 11) is 1.49. The molecule has 21 heavy (non-hydrogen) atoms. The molecule has 0 amide bonds. The van der Waals surface area contributed by atoms with Crippen molar-refractivity contribution in [3.8, 4) is 5.75 Å². The normalized spacial score (nSPS) is 12.3. The molecule has 0 radical (unpaired) electrons. The molecule has 2 aromatic rings. The van der Waals surface area contributed by atoms with E-state index in [0.717, 1.165) is 31.4 Å². The number of hydrogen-bond donors (Lipinski definition) is 1. The average molecular weight is 307 g/mol. The topological polar surface area (TPSA) is 21.3 Å². The maximum Gasteiger partial charge on any atom is 0.165 e. The van der Waals surface area contributed by atoms with Gasteiger partial charge in [0.25, 0.3) is 0 Å². The SMILES string of the molecule is CCCNC(CCc1ccsc1)c1ccc(OC)c(F)c1. The summed E-state index contributed by atoms with van der Waals surface area (Å²) < 4.78 is 18.9. The summed E-state index contributed by atoms with van der Waals surface area (Å²) in [6, 6.07) is 7.56. The Morgan fingerprint density at radius 2 is 2.19 bits per heavy atom. The molecule has 0 aliphatic heterocycles. The summed E-state index contributed by atoms with van der Waals surface area (Å²) in [5, 5.41) is 7.77. The van der Waals surface area contributed by atoms with Gasteiger partial charge in [0.15, 0.2) is 11.6 Å². The van der Waals surface area contributed by atoms with Crippen molar-refractivity contribution in [2.24, 2.45) is 0 Å². The fraction of sp³-hybridized carbons (Fsp3) is 0.412. The van der Waals surface area contributed by atoms with Crippen molar-refractivity contribution in [2.75, 3.05) is 13.7 Å². The summed E-state index contributed by atoms with van der Waals surface area (Å²) in [5.41, 5.74) is 2.33. The molecule has 1 atom stereocenters. The van der Waals surface area contributed by atoms with Gasteiger partial charge in [0, 0.05) is 6.04 Å². The van der Waals surface area contributed by atoms with Crippen molar-refractivity contribution in [1.29, 1.82) is 0 Å². The molecule has 0 fully saturated rings. The van der Waals surface area contributed by atoms with E-state index in [1.807, 2.05) is 6.07 Å². The van der Waals surface area contributed by atoms with Crippen LogP contribution in [0.5, 0.6) is 5.75 Å². The Labute approximate surface area is 130 Å². The number of thiophene rings is 1. The molecule has 114 valence electrons. The number of benzene rings is 1. The van der Waals surface area contributed by atoms with Gasteiger partial charge >= 0.3 is 0 Å². The minimum atomic E-state index is -0.297. The number of ether oxygens (including phenoxy) is 1. The third-order valence-corrected chi connectivity index (χ3v) is 4.25. The fourth-order valence-corrected chi connectivity index (χ4v) is 3.05. The van der Waals surface area contributed by atoms with Gasteiger partial charge in [-0.2, -0.15) is 11.3 Å². The largest absolute Gasteiger partial charge is 0.494 e. The molecule has 0 aliphatic rings. The minimum absolute atomic E-state index is 0.172.